The van der Waals surface area contributed by atoms with Crippen molar-refractivity contribution in [2.45, 2.75) is 32.9 Å². The smallest absolute Gasteiger partial charge is 0.249 e. The summed E-state index contributed by atoms with van der Waals surface area (Å²) in [6.07, 6.45) is 1.31. The van der Waals surface area contributed by atoms with Gasteiger partial charge >= 0.3 is 0 Å². The van der Waals surface area contributed by atoms with Gasteiger partial charge in [-0.05, 0) is 38.5 Å². The summed E-state index contributed by atoms with van der Waals surface area (Å²) in [5.74, 6) is 0.575. The Morgan fingerprint density at radius 1 is 1.36 bits per heavy atom. The highest BCUT2D eigenvalue weighted by atomic mass is 79.9. The third kappa shape index (κ3) is 4.18. The molecule has 1 aromatic heterocycles. The standard InChI is InChI=1S/C16H20BrN3O2/c1-4-22-11(3)16(21)19-10(2)15-18-9-14(20-15)12-5-7-13(17)8-6-12/h5-11H,4H2,1-3H3,(H,18,20)(H,19,21)/t10-,11+/m0/s1. The van der Waals surface area contributed by atoms with Gasteiger partial charge in [0.25, 0.3) is 0 Å². The van der Waals surface area contributed by atoms with Crippen LogP contribution in [-0.4, -0.2) is 28.6 Å². The number of ether oxygens (including phenoxy) is 1. The van der Waals surface area contributed by atoms with E-state index < -0.39 is 6.10 Å². The Hall–Kier alpha value is -1.66. The Morgan fingerprint density at radius 3 is 2.68 bits per heavy atom. The molecule has 0 fully saturated rings. The normalized spacial score (nSPS) is 13.6. The molecule has 0 saturated heterocycles. The zero-order valence-corrected chi connectivity index (χ0v) is 14.5. The predicted molar refractivity (Wildman–Crippen MR) is 89.4 cm³/mol. The molecule has 1 heterocycles. The van der Waals surface area contributed by atoms with Crippen molar-refractivity contribution in [2.75, 3.05) is 6.61 Å². The van der Waals surface area contributed by atoms with Crippen molar-refractivity contribution in [2.24, 2.45) is 0 Å². The number of imidazole rings is 1. The van der Waals surface area contributed by atoms with Crippen molar-refractivity contribution < 1.29 is 9.53 Å². The highest BCUT2D eigenvalue weighted by molar-refractivity contribution is 9.10. The zero-order chi connectivity index (χ0) is 16.1. The highest BCUT2D eigenvalue weighted by Crippen LogP contribution is 2.21. The number of carbonyl (C=O) groups is 1. The van der Waals surface area contributed by atoms with E-state index >= 15 is 0 Å². The lowest BCUT2D eigenvalue weighted by molar-refractivity contribution is -0.132. The second-order valence-corrected chi connectivity index (χ2v) is 5.93. The van der Waals surface area contributed by atoms with Gasteiger partial charge in [-0.1, -0.05) is 28.1 Å². The minimum atomic E-state index is -0.464. The number of aromatic amines is 1. The van der Waals surface area contributed by atoms with Gasteiger partial charge in [0.1, 0.15) is 11.9 Å². The molecule has 0 bridgehead atoms. The first-order valence-corrected chi connectivity index (χ1v) is 8.03. The second kappa shape index (κ2) is 7.56. The summed E-state index contributed by atoms with van der Waals surface area (Å²) in [6.45, 7) is 6.00. The van der Waals surface area contributed by atoms with Crippen LogP contribution in [0, 0.1) is 0 Å². The molecule has 2 atom stereocenters. The zero-order valence-electron chi connectivity index (χ0n) is 12.9. The fourth-order valence-corrected chi connectivity index (χ4v) is 2.32. The minimum absolute atomic E-state index is 0.143. The maximum Gasteiger partial charge on any atom is 0.249 e. The fourth-order valence-electron chi connectivity index (χ4n) is 2.06. The first-order chi connectivity index (χ1) is 10.5. The lowest BCUT2D eigenvalue weighted by Crippen LogP contribution is -2.36. The molecule has 0 spiro atoms. The number of carbonyl (C=O) groups excluding carboxylic acids is 1. The SMILES string of the molecule is CCO[C@H](C)C(=O)N[C@@H](C)c1ncc(-c2ccc(Br)cc2)[nH]1. The molecule has 0 aliphatic rings. The van der Waals surface area contributed by atoms with Crippen LogP contribution < -0.4 is 5.32 Å². The average molecular weight is 366 g/mol. The molecular weight excluding hydrogens is 346 g/mol. The summed E-state index contributed by atoms with van der Waals surface area (Å²) in [5.41, 5.74) is 1.96. The first kappa shape index (κ1) is 16.7. The number of hydrogen-bond acceptors (Lipinski definition) is 3. The van der Waals surface area contributed by atoms with Crippen molar-refractivity contribution in [1.29, 1.82) is 0 Å². The van der Waals surface area contributed by atoms with Crippen molar-refractivity contribution >= 4 is 21.8 Å². The lowest BCUT2D eigenvalue weighted by atomic mass is 10.2. The number of hydrogen-bond donors (Lipinski definition) is 2. The summed E-state index contributed by atoms with van der Waals surface area (Å²) in [4.78, 5) is 19.5. The first-order valence-electron chi connectivity index (χ1n) is 7.24. The van der Waals surface area contributed by atoms with Gasteiger partial charge in [0.2, 0.25) is 5.91 Å². The number of H-pyrrole nitrogens is 1. The molecule has 22 heavy (non-hydrogen) atoms. The van der Waals surface area contributed by atoms with E-state index in [0.29, 0.717) is 6.61 Å². The largest absolute Gasteiger partial charge is 0.369 e. The van der Waals surface area contributed by atoms with Crippen LogP contribution in [0.1, 0.15) is 32.6 Å². The van der Waals surface area contributed by atoms with Gasteiger partial charge < -0.3 is 15.0 Å². The van der Waals surface area contributed by atoms with Crippen molar-refractivity contribution in [3.05, 3.63) is 40.8 Å². The van der Waals surface area contributed by atoms with E-state index in [4.69, 9.17) is 4.74 Å². The van der Waals surface area contributed by atoms with Gasteiger partial charge in [-0.3, -0.25) is 4.79 Å². The Balaban J connectivity index is 2.04. The molecule has 0 aliphatic carbocycles. The van der Waals surface area contributed by atoms with Crippen LogP contribution in [0.2, 0.25) is 0 Å². The molecule has 2 aromatic rings. The quantitative estimate of drug-likeness (QED) is 0.823. The monoisotopic (exact) mass is 365 g/mol. The number of halogens is 1. The van der Waals surface area contributed by atoms with Gasteiger partial charge in [-0.15, -0.1) is 0 Å². The maximum atomic E-state index is 11.9. The predicted octanol–water partition coefficient (Wildman–Crippen LogP) is 3.44. The molecule has 118 valence electrons. The van der Waals surface area contributed by atoms with Crippen LogP contribution in [0.3, 0.4) is 0 Å². The van der Waals surface area contributed by atoms with Crippen molar-refractivity contribution in [1.82, 2.24) is 15.3 Å². The van der Waals surface area contributed by atoms with Crippen LogP contribution >= 0.6 is 15.9 Å². The summed E-state index contributed by atoms with van der Waals surface area (Å²) >= 11 is 3.41. The van der Waals surface area contributed by atoms with Gasteiger partial charge in [0, 0.05) is 11.1 Å². The number of rotatable bonds is 6. The molecule has 2 N–H and O–H groups in total. The summed E-state index contributed by atoms with van der Waals surface area (Å²) < 4.78 is 6.31. The Bertz CT molecular complexity index is 625. The molecule has 0 radical (unpaired) electrons. The van der Waals surface area contributed by atoms with E-state index in [0.717, 1.165) is 21.6 Å². The number of nitrogens with one attached hydrogen (secondary N) is 2. The van der Waals surface area contributed by atoms with E-state index in [9.17, 15) is 4.79 Å². The molecule has 0 saturated carbocycles. The molecule has 1 amide bonds. The van der Waals surface area contributed by atoms with E-state index in [2.05, 4.69) is 31.2 Å². The molecule has 6 heteroatoms. The number of amides is 1. The van der Waals surface area contributed by atoms with E-state index in [1.807, 2.05) is 38.1 Å². The van der Waals surface area contributed by atoms with Crippen LogP contribution in [0.4, 0.5) is 0 Å². The Labute approximate surface area is 138 Å². The average Bonchev–Trinajstić information content (AvgIpc) is 2.98. The number of aromatic nitrogens is 2. The summed E-state index contributed by atoms with van der Waals surface area (Å²) in [5, 5.41) is 2.89. The van der Waals surface area contributed by atoms with Gasteiger partial charge in [-0.2, -0.15) is 0 Å². The molecule has 0 unspecified atom stereocenters. The van der Waals surface area contributed by atoms with Gasteiger partial charge in [0.15, 0.2) is 0 Å². The lowest BCUT2D eigenvalue weighted by Gasteiger charge is -2.16. The molecular formula is C16H20BrN3O2. The third-order valence-electron chi connectivity index (χ3n) is 3.31. The fraction of sp³-hybridized carbons (Fsp3) is 0.375. The minimum Gasteiger partial charge on any atom is -0.369 e. The van der Waals surface area contributed by atoms with Crippen LogP contribution in [0.25, 0.3) is 11.3 Å². The molecule has 1 aromatic carbocycles. The summed E-state index contributed by atoms with van der Waals surface area (Å²) in [6, 6.07) is 7.75. The van der Waals surface area contributed by atoms with Gasteiger partial charge in [-0.25, -0.2) is 4.98 Å². The number of benzene rings is 1. The molecule has 2 rings (SSSR count). The van der Waals surface area contributed by atoms with Crippen LogP contribution in [0.5, 0.6) is 0 Å². The Morgan fingerprint density at radius 2 is 2.05 bits per heavy atom. The molecule has 5 nitrogen and oxygen atoms in total. The second-order valence-electron chi connectivity index (χ2n) is 5.02. The molecule has 0 aliphatic heterocycles. The van der Waals surface area contributed by atoms with E-state index in [1.165, 1.54) is 0 Å². The van der Waals surface area contributed by atoms with E-state index in [1.54, 1.807) is 13.1 Å². The van der Waals surface area contributed by atoms with Crippen LogP contribution in [0.15, 0.2) is 34.9 Å². The third-order valence-corrected chi connectivity index (χ3v) is 3.83. The van der Waals surface area contributed by atoms with Crippen molar-refractivity contribution in [3.63, 3.8) is 0 Å². The topological polar surface area (TPSA) is 67.0 Å². The maximum absolute atomic E-state index is 11.9. The van der Waals surface area contributed by atoms with E-state index in [-0.39, 0.29) is 11.9 Å². The van der Waals surface area contributed by atoms with Crippen LogP contribution in [-0.2, 0) is 9.53 Å². The van der Waals surface area contributed by atoms with Gasteiger partial charge in [0.05, 0.1) is 17.9 Å². The number of nitrogens with zero attached hydrogens (tertiary/aromatic N) is 1. The highest BCUT2D eigenvalue weighted by Gasteiger charge is 2.18. The van der Waals surface area contributed by atoms with Crippen molar-refractivity contribution in [3.8, 4) is 11.3 Å². The Kier molecular flexibility index (Phi) is 5.74. The summed E-state index contributed by atoms with van der Waals surface area (Å²) in [7, 11) is 0.